The van der Waals surface area contributed by atoms with E-state index in [9.17, 15) is 13.2 Å². The van der Waals surface area contributed by atoms with Crippen LogP contribution < -0.4 is 14.8 Å². The Hall–Kier alpha value is -2.38. The minimum Gasteiger partial charge on any atom is -0.481 e. The van der Waals surface area contributed by atoms with Gasteiger partial charge < -0.3 is 10.1 Å². The fourth-order valence-electron chi connectivity index (χ4n) is 3.55. The molecule has 1 amide bonds. The van der Waals surface area contributed by atoms with Gasteiger partial charge in [0.15, 0.2) is 6.10 Å². The van der Waals surface area contributed by atoms with Gasteiger partial charge in [0.05, 0.1) is 4.90 Å². The van der Waals surface area contributed by atoms with Crippen molar-refractivity contribution in [1.82, 2.24) is 4.72 Å². The van der Waals surface area contributed by atoms with E-state index in [-0.39, 0.29) is 16.8 Å². The van der Waals surface area contributed by atoms with Gasteiger partial charge in [-0.05, 0) is 62.6 Å². The number of carbonyl (C=O) groups excluding carboxylic acids is 1. The maximum absolute atomic E-state index is 12.6. The van der Waals surface area contributed by atoms with Crippen molar-refractivity contribution < 1.29 is 17.9 Å². The standard InChI is InChI=1S/C23H30N2O4S/c1-3-22(29-20-13-9-17(2)10-14-20)23(26)24-18-11-15-21(16-12-18)30(27,28)25-19-7-5-4-6-8-19/h9-16,19,22,25H,3-8H2,1-2H3,(H,24,26)/t22-/m1/s1. The molecule has 2 aromatic rings. The van der Waals surface area contributed by atoms with Crippen molar-refractivity contribution in [2.75, 3.05) is 5.32 Å². The second-order valence-electron chi connectivity index (χ2n) is 7.80. The zero-order valence-electron chi connectivity index (χ0n) is 17.6. The Morgan fingerprint density at radius 3 is 2.27 bits per heavy atom. The molecule has 1 aliphatic carbocycles. The SMILES string of the molecule is CC[C@@H](Oc1ccc(C)cc1)C(=O)Nc1ccc(S(=O)(=O)NC2CCCCC2)cc1. The minimum atomic E-state index is -3.56. The van der Waals surface area contributed by atoms with E-state index >= 15 is 0 Å². The van der Waals surface area contributed by atoms with Crippen molar-refractivity contribution >= 4 is 21.6 Å². The number of amides is 1. The van der Waals surface area contributed by atoms with Crippen LogP contribution in [0.5, 0.6) is 5.75 Å². The molecule has 0 spiro atoms. The van der Waals surface area contributed by atoms with Gasteiger partial charge in [-0.1, -0.05) is 43.9 Å². The molecule has 1 aliphatic rings. The lowest BCUT2D eigenvalue weighted by molar-refractivity contribution is -0.122. The van der Waals surface area contributed by atoms with Gasteiger partial charge in [-0.3, -0.25) is 4.79 Å². The lowest BCUT2D eigenvalue weighted by Crippen LogP contribution is -2.36. The summed E-state index contributed by atoms with van der Waals surface area (Å²) in [4.78, 5) is 12.8. The van der Waals surface area contributed by atoms with Gasteiger partial charge in [0, 0.05) is 11.7 Å². The van der Waals surface area contributed by atoms with Crippen LogP contribution in [-0.2, 0) is 14.8 Å². The number of hydrogen-bond acceptors (Lipinski definition) is 4. The van der Waals surface area contributed by atoms with Crippen LogP contribution in [0.25, 0.3) is 0 Å². The van der Waals surface area contributed by atoms with Crippen molar-refractivity contribution in [3.8, 4) is 5.75 Å². The number of rotatable bonds is 8. The quantitative estimate of drug-likeness (QED) is 0.650. The van der Waals surface area contributed by atoms with Crippen LogP contribution in [0.4, 0.5) is 5.69 Å². The molecular formula is C23H30N2O4S. The van der Waals surface area contributed by atoms with Gasteiger partial charge in [0.25, 0.3) is 5.91 Å². The zero-order chi connectivity index (χ0) is 21.6. The molecule has 0 aromatic heterocycles. The molecule has 2 aromatic carbocycles. The number of benzene rings is 2. The average molecular weight is 431 g/mol. The van der Waals surface area contributed by atoms with Crippen molar-refractivity contribution in [2.45, 2.75) is 69.4 Å². The highest BCUT2D eigenvalue weighted by atomic mass is 32.2. The van der Waals surface area contributed by atoms with E-state index in [0.717, 1.165) is 31.2 Å². The Bertz CT molecular complexity index is 934. The molecule has 1 atom stereocenters. The van der Waals surface area contributed by atoms with Crippen LogP contribution in [0.1, 0.15) is 51.0 Å². The van der Waals surface area contributed by atoms with Crippen LogP contribution >= 0.6 is 0 Å². The van der Waals surface area contributed by atoms with E-state index in [1.54, 1.807) is 12.1 Å². The summed E-state index contributed by atoms with van der Waals surface area (Å²) in [5.41, 5.74) is 1.65. The topological polar surface area (TPSA) is 84.5 Å². The van der Waals surface area contributed by atoms with Crippen molar-refractivity contribution in [2.24, 2.45) is 0 Å². The number of hydrogen-bond donors (Lipinski definition) is 2. The van der Waals surface area contributed by atoms with Gasteiger partial charge in [0.1, 0.15) is 5.75 Å². The maximum Gasteiger partial charge on any atom is 0.265 e. The van der Waals surface area contributed by atoms with Crippen LogP contribution in [0.3, 0.4) is 0 Å². The molecule has 0 bridgehead atoms. The van der Waals surface area contributed by atoms with Crippen molar-refractivity contribution in [3.63, 3.8) is 0 Å². The summed E-state index contributed by atoms with van der Waals surface area (Å²) >= 11 is 0. The number of nitrogens with one attached hydrogen (secondary N) is 2. The molecule has 2 N–H and O–H groups in total. The number of aryl methyl sites for hydroxylation is 1. The first-order valence-electron chi connectivity index (χ1n) is 10.5. The van der Waals surface area contributed by atoms with E-state index in [4.69, 9.17) is 4.74 Å². The van der Waals surface area contributed by atoms with Crippen LogP contribution in [0.15, 0.2) is 53.4 Å². The fraction of sp³-hybridized carbons (Fsp3) is 0.435. The van der Waals surface area contributed by atoms with Crippen LogP contribution in [0.2, 0.25) is 0 Å². The third-order valence-electron chi connectivity index (χ3n) is 5.32. The Morgan fingerprint density at radius 2 is 1.67 bits per heavy atom. The molecule has 30 heavy (non-hydrogen) atoms. The number of anilines is 1. The Morgan fingerprint density at radius 1 is 1.03 bits per heavy atom. The molecule has 6 nitrogen and oxygen atoms in total. The summed E-state index contributed by atoms with van der Waals surface area (Å²) < 4.78 is 33.8. The molecule has 7 heteroatoms. The van der Waals surface area contributed by atoms with Gasteiger partial charge >= 0.3 is 0 Å². The van der Waals surface area contributed by atoms with Crippen molar-refractivity contribution in [3.05, 3.63) is 54.1 Å². The van der Waals surface area contributed by atoms with Crippen LogP contribution in [-0.4, -0.2) is 26.5 Å². The van der Waals surface area contributed by atoms with E-state index in [1.165, 1.54) is 18.6 Å². The lowest BCUT2D eigenvalue weighted by Gasteiger charge is -2.22. The van der Waals surface area contributed by atoms with Gasteiger partial charge in [0.2, 0.25) is 10.0 Å². The highest BCUT2D eigenvalue weighted by Gasteiger charge is 2.22. The Kier molecular flexibility index (Phi) is 7.50. The number of sulfonamides is 1. The predicted octanol–water partition coefficient (Wildman–Crippen LogP) is 4.40. The van der Waals surface area contributed by atoms with Gasteiger partial charge in [-0.2, -0.15) is 0 Å². The summed E-state index contributed by atoms with van der Waals surface area (Å²) in [6, 6.07) is 13.8. The second-order valence-corrected chi connectivity index (χ2v) is 9.51. The van der Waals surface area contributed by atoms with Crippen LogP contribution in [0, 0.1) is 6.92 Å². The number of ether oxygens (including phenoxy) is 1. The van der Waals surface area contributed by atoms with Gasteiger partial charge in [-0.15, -0.1) is 0 Å². The summed E-state index contributed by atoms with van der Waals surface area (Å²) in [6.45, 7) is 3.87. The average Bonchev–Trinajstić information content (AvgIpc) is 2.74. The molecule has 0 aliphatic heterocycles. The molecule has 0 unspecified atom stereocenters. The highest BCUT2D eigenvalue weighted by Crippen LogP contribution is 2.21. The summed E-state index contributed by atoms with van der Waals surface area (Å²) in [5.74, 6) is 0.367. The van der Waals surface area contributed by atoms with E-state index < -0.39 is 16.1 Å². The maximum atomic E-state index is 12.6. The summed E-state index contributed by atoms with van der Waals surface area (Å²) in [6.07, 6.45) is 4.92. The molecule has 0 radical (unpaired) electrons. The van der Waals surface area contributed by atoms with E-state index in [2.05, 4.69) is 10.0 Å². The Labute approximate surface area is 179 Å². The smallest absolute Gasteiger partial charge is 0.265 e. The summed E-state index contributed by atoms with van der Waals surface area (Å²) in [7, 11) is -3.56. The zero-order valence-corrected chi connectivity index (χ0v) is 18.4. The minimum absolute atomic E-state index is 0.00682. The summed E-state index contributed by atoms with van der Waals surface area (Å²) in [5, 5.41) is 2.81. The molecular weight excluding hydrogens is 400 g/mol. The molecule has 3 rings (SSSR count). The first-order valence-corrected chi connectivity index (χ1v) is 12.0. The predicted molar refractivity (Wildman–Crippen MR) is 118 cm³/mol. The normalized spacial score (nSPS) is 16.1. The van der Waals surface area contributed by atoms with Crippen molar-refractivity contribution in [1.29, 1.82) is 0 Å². The van der Waals surface area contributed by atoms with E-state index in [1.807, 2.05) is 38.1 Å². The monoisotopic (exact) mass is 430 g/mol. The molecule has 1 saturated carbocycles. The largest absolute Gasteiger partial charge is 0.481 e. The molecule has 162 valence electrons. The number of carbonyl (C=O) groups is 1. The first-order chi connectivity index (χ1) is 14.4. The Balaban J connectivity index is 1.60. The van der Waals surface area contributed by atoms with E-state index in [0.29, 0.717) is 17.9 Å². The third kappa shape index (κ3) is 6.06. The molecule has 0 saturated heterocycles. The third-order valence-corrected chi connectivity index (χ3v) is 6.86. The van der Waals surface area contributed by atoms with Gasteiger partial charge in [-0.25, -0.2) is 13.1 Å². The first kappa shape index (κ1) is 22.3. The molecule has 1 fully saturated rings. The fourth-order valence-corrected chi connectivity index (χ4v) is 4.86. The lowest BCUT2D eigenvalue weighted by atomic mass is 9.96. The second kappa shape index (κ2) is 10.1. The molecule has 0 heterocycles. The highest BCUT2D eigenvalue weighted by molar-refractivity contribution is 7.89.